The Morgan fingerprint density at radius 3 is 2.42 bits per heavy atom. The molecule has 0 aliphatic rings. The zero-order valence-corrected chi connectivity index (χ0v) is 10.6. The highest BCUT2D eigenvalue weighted by Crippen LogP contribution is 2.02. The number of amides is 1. The molecule has 1 aromatic carbocycles. The van der Waals surface area contributed by atoms with Crippen molar-refractivity contribution >= 4 is 11.9 Å². The van der Waals surface area contributed by atoms with Gasteiger partial charge in [0.15, 0.2) is 0 Å². The average Bonchev–Trinajstić information content (AvgIpc) is 2.39. The molecule has 0 saturated heterocycles. The van der Waals surface area contributed by atoms with Crippen LogP contribution in [-0.4, -0.2) is 35.6 Å². The molecule has 0 saturated carbocycles. The Kier molecular flexibility index (Phi) is 5.98. The van der Waals surface area contributed by atoms with E-state index < -0.39 is 24.0 Å². The maximum Gasteiger partial charge on any atom is 0.326 e. The highest BCUT2D eigenvalue weighted by Gasteiger charge is 2.22. The monoisotopic (exact) mass is 265 g/mol. The molecule has 6 N–H and O–H groups in total. The number of carbonyl (C=O) groups excluding carboxylic acids is 1. The maximum atomic E-state index is 11.8. The third-order valence-electron chi connectivity index (χ3n) is 2.71. The number of rotatable bonds is 7. The predicted octanol–water partition coefficient (Wildman–Crippen LogP) is -0.525. The Morgan fingerprint density at radius 2 is 1.89 bits per heavy atom. The molecule has 1 rings (SSSR count). The second-order valence-electron chi connectivity index (χ2n) is 4.27. The van der Waals surface area contributed by atoms with E-state index in [1.54, 1.807) is 0 Å². The zero-order valence-electron chi connectivity index (χ0n) is 10.6. The van der Waals surface area contributed by atoms with Crippen molar-refractivity contribution in [2.45, 2.75) is 24.9 Å². The van der Waals surface area contributed by atoms with Gasteiger partial charge in [0.25, 0.3) is 0 Å². The molecule has 0 radical (unpaired) electrons. The third-order valence-corrected chi connectivity index (χ3v) is 2.71. The molecule has 6 nitrogen and oxygen atoms in total. The topological polar surface area (TPSA) is 118 Å². The Bertz CT molecular complexity index is 422. The number of hydrogen-bond acceptors (Lipinski definition) is 4. The number of carboxylic acids is 1. The number of nitrogens with two attached hydrogens (primary N) is 2. The van der Waals surface area contributed by atoms with Crippen LogP contribution in [0.1, 0.15) is 12.0 Å². The molecular formula is C13H19N3O3. The number of benzene rings is 1. The van der Waals surface area contributed by atoms with Crippen LogP contribution >= 0.6 is 0 Å². The SMILES string of the molecule is NCC[C@H](NC(=O)[C@@H](N)Cc1ccccc1)C(=O)O. The predicted molar refractivity (Wildman–Crippen MR) is 71.4 cm³/mol. The fourth-order valence-corrected chi connectivity index (χ4v) is 1.66. The van der Waals surface area contributed by atoms with Gasteiger partial charge in [0.2, 0.25) is 5.91 Å². The van der Waals surface area contributed by atoms with E-state index in [9.17, 15) is 9.59 Å². The van der Waals surface area contributed by atoms with Crippen LogP contribution in [0.15, 0.2) is 30.3 Å². The molecular weight excluding hydrogens is 246 g/mol. The minimum Gasteiger partial charge on any atom is -0.480 e. The molecule has 104 valence electrons. The molecule has 6 heteroatoms. The van der Waals surface area contributed by atoms with Gasteiger partial charge in [-0.3, -0.25) is 4.79 Å². The fourth-order valence-electron chi connectivity index (χ4n) is 1.66. The van der Waals surface area contributed by atoms with Crippen LogP contribution in [0.25, 0.3) is 0 Å². The van der Waals surface area contributed by atoms with Crippen LogP contribution < -0.4 is 16.8 Å². The van der Waals surface area contributed by atoms with Crippen molar-refractivity contribution in [2.24, 2.45) is 11.5 Å². The van der Waals surface area contributed by atoms with Crippen molar-refractivity contribution in [3.63, 3.8) is 0 Å². The molecule has 0 spiro atoms. The second kappa shape index (κ2) is 7.50. The zero-order chi connectivity index (χ0) is 14.3. The Morgan fingerprint density at radius 1 is 1.26 bits per heavy atom. The van der Waals surface area contributed by atoms with Crippen molar-refractivity contribution in [3.8, 4) is 0 Å². The number of nitrogens with one attached hydrogen (secondary N) is 1. The largest absolute Gasteiger partial charge is 0.480 e. The summed E-state index contributed by atoms with van der Waals surface area (Å²) >= 11 is 0. The Labute approximate surface area is 111 Å². The number of hydrogen-bond donors (Lipinski definition) is 4. The molecule has 0 unspecified atom stereocenters. The molecule has 0 bridgehead atoms. The van der Waals surface area contributed by atoms with Gasteiger partial charge in [-0.1, -0.05) is 30.3 Å². The minimum absolute atomic E-state index is 0.180. The Balaban J connectivity index is 2.54. The quantitative estimate of drug-likeness (QED) is 0.528. The maximum absolute atomic E-state index is 11.8. The van der Waals surface area contributed by atoms with E-state index in [1.807, 2.05) is 30.3 Å². The number of carbonyl (C=O) groups is 2. The van der Waals surface area contributed by atoms with Crippen molar-refractivity contribution in [1.29, 1.82) is 0 Å². The summed E-state index contributed by atoms with van der Waals surface area (Å²) in [6.45, 7) is 0.186. The van der Waals surface area contributed by atoms with Crippen molar-refractivity contribution in [1.82, 2.24) is 5.32 Å². The van der Waals surface area contributed by atoms with Crippen LogP contribution in [0.5, 0.6) is 0 Å². The first-order valence-corrected chi connectivity index (χ1v) is 6.07. The van der Waals surface area contributed by atoms with Gasteiger partial charge in [0, 0.05) is 0 Å². The van der Waals surface area contributed by atoms with Gasteiger partial charge in [0.05, 0.1) is 6.04 Å². The van der Waals surface area contributed by atoms with Gasteiger partial charge in [-0.05, 0) is 24.9 Å². The average molecular weight is 265 g/mol. The highest BCUT2D eigenvalue weighted by atomic mass is 16.4. The van der Waals surface area contributed by atoms with Crippen LogP contribution in [0.3, 0.4) is 0 Å². The van der Waals surface area contributed by atoms with Crippen molar-refractivity contribution in [2.75, 3.05) is 6.54 Å². The first-order valence-electron chi connectivity index (χ1n) is 6.07. The lowest BCUT2D eigenvalue weighted by Gasteiger charge is -2.17. The van der Waals surface area contributed by atoms with Gasteiger partial charge in [-0.2, -0.15) is 0 Å². The molecule has 0 fully saturated rings. The molecule has 1 amide bonds. The van der Waals surface area contributed by atoms with Gasteiger partial charge >= 0.3 is 5.97 Å². The lowest BCUT2D eigenvalue weighted by atomic mass is 10.1. The molecule has 0 aromatic heterocycles. The smallest absolute Gasteiger partial charge is 0.326 e. The van der Waals surface area contributed by atoms with E-state index in [4.69, 9.17) is 16.6 Å². The summed E-state index contributed by atoms with van der Waals surface area (Å²) in [5, 5.41) is 11.3. The lowest BCUT2D eigenvalue weighted by Crippen LogP contribution is -2.49. The molecule has 1 aromatic rings. The fraction of sp³-hybridized carbons (Fsp3) is 0.385. The summed E-state index contributed by atoms with van der Waals surface area (Å²) in [6, 6.07) is 7.55. The first kappa shape index (κ1) is 15.1. The summed E-state index contributed by atoms with van der Waals surface area (Å²) < 4.78 is 0. The molecule has 2 atom stereocenters. The van der Waals surface area contributed by atoms with E-state index in [0.717, 1.165) is 5.56 Å². The van der Waals surface area contributed by atoms with Gasteiger partial charge in [0.1, 0.15) is 6.04 Å². The van der Waals surface area contributed by atoms with E-state index in [1.165, 1.54) is 0 Å². The summed E-state index contributed by atoms with van der Waals surface area (Å²) in [5.41, 5.74) is 12.0. The van der Waals surface area contributed by atoms with Crippen LogP contribution in [-0.2, 0) is 16.0 Å². The van der Waals surface area contributed by atoms with Crippen LogP contribution in [0.2, 0.25) is 0 Å². The third kappa shape index (κ3) is 5.07. The van der Waals surface area contributed by atoms with E-state index >= 15 is 0 Å². The summed E-state index contributed by atoms with van der Waals surface area (Å²) in [4.78, 5) is 22.7. The van der Waals surface area contributed by atoms with E-state index in [-0.39, 0.29) is 13.0 Å². The molecule has 19 heavy (non-hydrogen) atoms. The second-order valence-corrected chi connectivity index (χ2v) is 4.27. The number of carboxylic acid groups (broad SMARTS) is 1. The van der Waals surface area contributed by atoms with Gasteiger partial charge in [-0.25, -0.2) is 4.79 Å². The molecule has 0 heterocycles. The van der Waals surface area contributed by atoms with Gasteiger partial charge < -0.3 is 21.9 Å². The standard InChI is InChI=1S/C13H19N3O3/c14-7-6-11(13(18)19)16-12(17)10(15)8-9-4-2-1-3-5-9/h1-5,10-11H,6-8,14-15H2,(H,16,17)(H,18,19)/t10-,11-/m0/s1. The number of aliphatic carboxylic acids is 1. The highest BCUT2D eigenvalue weighted by molar-refractivity contribution is 5.86. The molecule has 0 aliphatic heterocycles. The summed E-state index contributed by atoms with van der Waals surface area (Å²) in [7, 11) is 0. The van der Waals surface area contributed by atoms with E-state index in [2.05, 4.69) is 5.32 Å². The Hall–Kier alpha value is -1.92. The van der Waals surface area contributed by atoms with Crippen LogP contribution in [0.4, 0.5) is 0 Å². The summed E-state index contributed by atoms with van der Waals surface area (Å²) in [5.74, 6) is -1.59. The molecule has 0 aliphatic carbocycles. The van der Waals surface area contributed by atoms with Crippen molar-refractivity contribution < 1.29 is 14.7 Å². The first-order chi connectivity index (χ1) is 9.04. The van der Waals surface area contributed by atoms with Gasteiger partial charge in [-0.15, -0.1) is 0 Å². The van der Waals surface area contributed by atoms with Crippen LogP contribution in [0, 0.1) is 0 Å². The minimum atomic E-state index is -1.11. The summed E-state index contributed by atoms with van der Waals surface area (Å²) in [6.07, 6.45) is 0.542. The van der Waals surface area contributed by atoms with Crippen molar-refractivity contribution in [3.05, 3.63) is 35.9 Å². The lowest BCUT2D eigenvalue weighted by molar-refractivity contribution is -0.142. The van der Waals surface area contributed by atoms with E-state index in [0.29, 0.717) is 6.42 Å². The normalized spacial score (nSPS) is 13.6.